The van der Waals surface area contributed by atoms with Crippen LogP contribution in [0.25, 0.3) is 0 Å². The third-order valence-electron chi connectivity index (χ3n) is 4.92. The second kappa shape index (κ2) is 7.31. The highest BCUT2D eigenvalue weighted by Gasteiger charge is 2.35. The number of nitrogens with one attached hydrogen (secondary N) is 1. The normalized spacial score (nSPS) is 16.2. The van der Waals surface area contributed by atoms with Gasteiger partial charge in [0.25, 0.3) is 5.91 Å². The third kappa shape index (κ3) is 3.41. The summed E-state index contributed by atoms with van der Waals surface area (Å²) in [5.74, 6) is -0.511. The number of carbonyl (C=O) groups excluding carboxylic acids is 1. The smallest absolute Gasteiger partial charge is 0.275 e. The van der Waals surface area contributed by atoms with Crippen LogP contribution < -0.4 is 10.2 Å². The van der Waals surface area contributed by atoms with Crippen molar-refractivity contribution in [2.45, 2.75) is 19.9 Å². The second-order valence-electron chi connectivity index (χ2n) is 7.05. The van der Waals surface area contributed by atoms with Gasteiger partial charge in [0.1, 0.15) is 11.5 Å². The van der Waals surface area contributed by atoms with E-state index in [0.717, 1.165) is 22.5 Å². The lowest BCUT2D eigenvalue weighted by Crippen LogP contribution is -2.31. The maximum Gasteiger partial charge on any atom is 0.275 e. The van der Waals surface area contributed by atoms with Gasteiger partial charge in [0.05, 0.1) is 6.04 Å². The number of aryl methyl sites for hydroxylation is 2. The minimum absolute atomic E-state index is 0.183. The molecule has 0 fully saturated rings. The van der Waals surface area contributed by atoms with Crippen molar-refractivity contribution in [2.75, 3.05) is 10.2 Å². The lowest BCUT2D eigenvalue weighted by Gasteiger charge is -2.25. The van der Waals surface area contributed by atoms with Crippen LogP contribution in [0.15, 0.2) is 84.6 Å². The number of nitrogens with zero attached hydrogens (tertiary/aromatic N) is 1. The van der Waals surface area contributed by atoms with Crippen molar-refractivity contribution in [1.82, 2.24) is 0 Å². The van der Waals surface area contributed by atoms with Crippen molar-refractivity contribution in [3.8, 4) is 0 Å². The van der Waals surface area contributed by atoms with Crippen LogP contribution in [0.1, 0.15) is 22.7 Å². The van der Waals surface area contributed by atoms with Gasteiger partial charge < -0.3 is 5.32 Å². The summed E-state index contributed by atoms with van der Waals surface area (Å²) in [6.45, 7) is 4.00. The fourth-order valence-corrected chi connectivity index (χ4v) is 3.37. The summed E-state index contributed by atoms with van der Waals surface area (Å²) in [7, 11) is 0. The molecule has 3 nitrogen and oxygen atoms in total. The summed E-state index contributed by atoms with van der Waals surface area (Å²) in [5.41, 5.74) is 4.71. The average Bonchev–Trinajstić information content (AvgIpc) is 3.01. The van der Waals surface area contributed by atoms with E-state index >= 15 is 0 Å². The van der Waals surface area contributed by atoms with Gasteiger partial charge >= 0.3 is 0 Å². The Morgan fingerprint density at radius 2 is 1.46 bits per heavy atom. The van der Waals surface area contributed by atoms with Crippen molar-refractivity contribution in [3.05, 3.63) is 107 Å². The first-order valence-corrected chi connectivity index (χ1v) is 9.23. The van der Waals surface area contributed by atoms with Gasteiger partial charge in [-0.15, -0.1) is 0 Å². The standard InChI is InChI=1S/C24H21FN2O/c1-16-7-11-18(12-8-16)26-22-15-23(20-5-3-4-6-21(20)25)27(24(22)28)19-13-9-17(2)10-14-19/h3-15,23,26H,1-2H3/t23-/m0/s1. The number of hydrogen-bond acceptors (Lipinski definition) is 2. The summed E-state index contributed by atoms with van der Waals surface area (Å²) < 4.78 is 14.5. The first-order chi connectivity index (χ1) is 13.5. The molecule has 0 spiro atoms. The molecule has 0 saturated heterocycles. The van der Waals surface area contributed by atoms with Crippen molar-refractivity contribution in [1.29, 1.82) is 0 Å². The van der Waals surface area contributed by atoms with Crippen LogP contribution in [-0.4, -0.2) is 5.91 Å². The van der Waals surface area contributed by atoms with E-state index in [-0.39, 0.29) is 11.7 Å². The molecule has 1 amide bonds. The molecule has 4 heteroatoms. The first-order valence-electron chi connectivity index (χ1n) is 9.23. The molecule has 0 radical (unpaired) electrons. The molecule has 1 aliphatic heterocycles. The van der Waals surface area contributed by atoms with Gasteiger partial charge in [-0.25, -0.2) is 4.39 Å². The van der Waals surface area contributed by atoms with E-state index in [4.69, 9.17) is 0 Å². The maximum absolute atomic E-state index is 14.5. The van der Waals surface area contributed by atoms with Gasteiger partial charge in [0.2, 0.25) is 0 Å². The van der Waals surface area contributed by atoms with Crippen LogP contribution in [0.5, 0.6) is 0 Å². The Bertz CT molecular complexity index is 1040. The summed E-state index contributed by atoms with van der Waals surface area (Å²) >= 11 is 0. The Morgan fingerprint density at radius 3 is 2.11 bits per heavy atom. The highest BCUT2D eigenvalue weighted by molar-refractivity contribution is 6.11. The highest BCUT2D eigenvalue weighted by Crippen LogP contribution is 2.37. The lowest BCUT2D eigenvalue weighted by atomic mass is 10.1. The molecule has 1 aliphatic rings. The van der Waals surface area contributed by atoms with Crippen LogP contribution in [0.2, 0.25) is 0 Å². The quantitative estimate of drug-likeness (QED) is 0.653. The highest BCUT2D eigenvalue weighted by atomic mass is 19.1. The minimum atomic E-state index is -0.510. The van der Waals surface area contributed by atoms with Gasteiger partial charge in [-0.05, 0) is 50.3 Å². The molecule has 0 bridgehead atoms. The van der Waals surface area contributed by atoms with E-state index in [1.807, 2.05) is 62.4 Å². The van der Waals surface area contributed by atoms with Crippen molar-refractivity contribution in [2.24, 2.45) is 0 Å². The van der Waals surface area contributed by atoms with Crippen molar-refractivity contribution < 1.29 is 9.18 Å². The molecular formula is C24H21FN2O. The second-order valence-corrected chi connectivity index (χ2v) is 7.05. The predicted octanol–water partition coefficient (Wildman–Crippen LogP) is 5.53. The molecule has 140 valence electrons. The van der Waals surface area contributed by atoms with E-state index in [9.17, 15) is 9.18 Å². The molecule has 0 unspecified atom stereocenters. The lowest BCUT2D eigenvalue weighted by molar-refractivity contribution is -0.114. The predicted molar refractivity (Wildman–Crippen MR) is 111 cm³/mol. The molecular weight excluding hydrogens is 351 g/mol. The van der Waals surface area contributed by atoms with Crippen LogP contribution in [0.3, 0.4) is 0 Å². The fraction of sp³-hybridized carbons (Fsp3) is 0.125. The fourth-order valence-electron chi connectivity index (χ4n) is 3.37. The van der Waals surface area contributed by atoms with E-state index in [2.05, 4.69) is 5.32 Å². The summed E-state index contributed by atoms with van der Waals surface area (Å²) in [6, 6.07) is 21.6. The summed E-state index contributed by atoms with van der Waals surface area (Å²) in [6.07, 6.45) is 1.79. The molecule has 0 aliphatic carbocycles. The number of halogens is 1. The first kappa shape index (κ1) is 18.0. The van der Waals surface area contributed by atoms with E-state index in [0.29, 0.717) is 11.3 Å². The number of rotatable bonds is 4. The molecule has 28 heavy (non-hydrogen) atoms. The minimum Gasteiger partial charge on any atom is -0.351 e. The molecule has 0 aromatic heterocycles. The number of amides is 1. The topological polar surface area (TPSA) is 32.3 Å². The molecule has 1 N–H and O–H groups in total. The van der Waals surface area contributed by atoms with Crippen LogP contribution in [0.4, 0.5) is 15.8 Å². The van der Waals surface area contributed by atoms with Gasteiger partial charge in [-0.1, -0.05) is 53.6 Å². The molecule has 0 saturated carbocycles. The number of anilines is 2. The number of benzene rings is 3. The largest absolute Gasteiger partial charge is 0.351 e. The Labute approximate surface area is 164 Å². The van der Waals surface area contributed by atoms with Gasteiger partial charge in [-0.3, -0.25) is 9.69 Å². The molecule has 3 aromatic rings. The summed E-state index contributed by atoms with van der Waals surface area (Å²) in [4.78, 5) is 14.9. The van der Waals surface area contributed by atoms with E-state index in [1.165, 1.54) is 6.07 Å². The maximum atomic E-state index is 14.5. The molecule has 4 rings (SSSR count). The Hall–Kier alpha value is -3.40. The molecule has 3 aromatic carbocycles. The van der Waals surface area contributed by atoms with Crippen LogP contribution in [-0.2, 0) is 4.79 Å². The van der Waals surface area contributed by atoms with E-state index in [1.54, 1.807) is 29.2 Å². The number of carbonyl (C=O) groups is 1. The van der Waals surface area contributed by atoms with Crippen molar-refractivity contribution >= 4 is 17.3 Å². The Kier molecular flexibility index (Phi) is 4.70. The molecule has 1 heterocycles. The summed E-state index contributed by atoms with van der Waals surface area (Å²) in [5, 5.41) is 3.20. The zero-order valence-corrected chi connectivity index (χ0v) is 15.8. The van der Waals surface area contributed by atoms with E-state index < -0.39 is 6.04 Å². The zero-order chi connectivity index (χ0) is 19.7. The van der Waals surface area contributed by atoms with Crippen LogP contribution >= 0.6 is 0 Å². The average molecular weight is 372 g/mol. The van der Waals surface area contributed by atoms with Crippen molar-refractivity contribution in [3.63, 3.8) is 0 Å². The SMILES string of the molecule is Cc1ccc(NC2=C[C@@H](c3ccccc3F)N(c3ccc(C)cc3)C2=O)cc1. The Morgan fingerprint density at radius 1 is 0.857 bits per heavy atom. The molecule has 1 atom stereocenters. The number of hydrogen-bond donors (Lipinski definition) is 1. The van der Waals surface area contributed by atoms with Gasteiger partial charge in [-0.2, -0.15) is 0 Å². The van der Waals surface area contributed by atoms with Gasteiger partial charge in [0, 0.05) is 16.9 Å². The third-order valence-corrected chi connectivity index (χ3v) is 4.92. The van der Waals surface area contributed by atoms with Crippen LogP contribution in [0, 0.1) is 19.7 Å². The Balaban J connectivity index is 1.74. The zero-order valence-electron chi connectivity index (χ0n) is 15.8. The monoisotopic (exact) mass is 372 g/mol. The van der Waals surface area contributed by atoms with Gasteiger partial charge in [0.15, 0.2) is 0 Å².